The summed E-state index contributed by atoms with van der Waals surface area (Å²) >= 11 is 1.73. The number of nitrogens with zero attached hydrogens (tertiary/aromatic N) is 4. The fourth-order valence-electron chi connectivity index (χ4n) is 3.06. The molecule has 6 nitrogen and oxygen atoms in total. The van der Waals surface area contributed by atoms with Crippen LogP contribution in [0.25, 0.3) is 11.2 Å². The minimum atomic E-state index is -0.117. The molecule has 1 amide bonds. The summed E-state index contributed by atoms with van der Waals surface area (Å²) in [5, 5.41) is 4.17. The van der Waals surface area contributed by atoms with E-state index >= 15 is 0 Å². The standard InChI is InChI=1S/C16H17N5OS/c1-9-19-14-11(4-3-5-13(14)23-9)20-16(22)10-6-12-15(17-7-10)21(2)8-18-12/h6-8,11H,3-5H2,1-2H3,(H,20,22). The van der Waals surface area contributed by atoms with E-state index in [9.17, 15) is 4.79 Å². The van der Waals surface area contributed by atoms with Crippen molar-refractivity contribution in [3.63, 3.8) is 0 Å². The summed E-state index contributed by atoms with van der Waals surface area (Å²) in [6.45, 7) is 2.01. The average molecular weight is 327 g/mol. The van der Waals surface area contributed by atoms with E-state index in [2.05, 4.69) is 20.3 Å². The number of carbonyl (C=O) groups is 1. The number of hydrogen-bond donors (Lipinski definition) is 1. The topological polar surface area (TPSA) is 72.7 Å². The van der Waals surface area contributed by atoms with Gasteiger partial charge in [-0.15, -0.1) is 11.3 Å². The minimum Gasteiger partial charge on any atom is -0.344 e. The van der Waals surface area contributed by atoms with Crippen LogP contribution in [0.5, 0.6) is 0 Å². The van der Waals surface area contributed by atoms with Crippen molar-refractivity contribution in [3.8, 4) is 0 Å². The number of imidazole rings is 1. The first-order valence-electron chi connectivity index (χ1n) is 7.66. The maximum Gasteiger partial charge on any atom is 0.253 e. The molecule has 0 aliphatic heterocycles. The lowest BCUT2D eigenvalue weighted by atomic mass is 9.97. The highest BCUT2D eigenvalue weighted by Crippen LogP contribution is 2.33. The summed E-state index contributed by atoms with van der Waals surface area (Å²) in [6, 6.07) is 1.78. The van der Waals surface area contributed by atoms with Crippen molar-refractivity contribution in [2.45, 2.75) is 32.2 Å². The number of nitrogens with one attached hydrogen (secondary N) is 1. The molecule has 1 unspecified atom stereocenters. The van der Waals surface area contributed by atoms with Crippen molar-refractivity contribution < 1.29 is 4.79 Å². The van der Waals surface area contributed by atoms with E-state index in [1.807, 2.05) is 18.5 Å². The number of pyridine rings is 1. The average Bonchev–Trinajstić information content (AvgIpc) is 3.10. The molecule has 3 heterocycles. The third kappa shape index (κ3) is 2.50. The van der Waals surface area contributed by atoms with Crippen molar-refractivity contribution in [1.82, 2.24) is 24.8 Å². The van der Waals surface area contributed by atoms with Crippen LogP contribution in [0.4, 0.5) is 0 Å². The second-order valence-corrected chi connectivity index (χ2v) is 7.17. The smallest absolute Gasteiger partial charge is 0.253 e. The SMILES string of the molecule is Cc1nc2c(s1)CCCC2NC(=O)c1cnc2c(c1)ncn2C. The molecule has 3 aromatic rings. The van der Waals surface area contributed by atoms with Crippen molar-refractivity contribution in [3.05, 3.63) is 39.7 Å². The molecule has 0 aromatic carbocycles. The number of thiazole rings is 1. The van der Waals surface area contributed by atoms with Gasteiger partial charge in [-0.2, -0.15) is 0 Å². The van der Waals surface area contributed by atoms with Crippen LogP contribution in [-0.2, 0) is 13.5 Å². The van der Waals surface area contributed by atoms with Gasteiger partial charge in [0.1, 0.15) is 5.52 Å². The first-order valence-corrected chi connectivity index (χ1v) is 8.47. The molecule has 0 spiro atoms. The van der Waals surface area contributed by atoms with Crippen LogP contribution >= 0.6 is 11.3 Å². The number of amides is 1. The van der Waals surface area contributed by atoms with Gasteiger partial charge in [0.25, 0.3) is 5.91 Å². The molecule has 23 heavy (non-hydrogen) atoms. The van der Waals surface area contributed by atoms with Crippen LogP contribution < -0.4 is 5.32 Å². The predicted molar refractivity (Wildman–Crippen MR) is 88.5 cm³/mol. The number of aromatic nitrogens is 4. The van der Waals surface area contributed by atoms with Crippen LogP contribution in [0.2, 0.25) is 0 Å². The zero-order valence-electron chi connectivity index (χ0n) is 13.0. The van der Waals surface area contributed by atoms with E-state index in [1.165, 1.54) is 4.88 Å². The summed E-state index contributed by atoms with van der Waals surface area (Å²) in [5.74, 6) is -0.117. The normalized spacial score (nSPS) is 17.2. The van der Waals surface area contributed by atoms with Crippen LogP contribution in [0, 0.1) is 6.92 Å². The van der Waals surface area contributed by atoms with Crippen LogP contribution in [0.3, 0.4) is 0 Å². The lowest BCUT2D eigenvalue weighted by molar-refractivity contribution is 0.0931. The van der Waals surface area contributed by atoms with Crippen LogP contribution in [0.15, 0.2) is 18.6 Å². The van der Waals surface area contributed by atoms with Gasteiger partial charge in [-0.3, -0.25) is 4.79 Å². The Balaban J connectivity index is 1.59. The van der Waals surface area contributed by atoms with Crippen molar-refractivity contribution >= 4 is 28.4 Å². The Morgan fingerprint density at radius 1 is 1.43 bits per heavy atom. The Bertz CT molecular complexity index is 897. The molecule has 4 rings (SSSR count). The lowest BCUT2D eigenvalue weighted by Gasteiger charge is -2.22. The van der Waals surface area contributed by atoms with E-state index in [0.29, 0.717) is 5.56 Å². The van der Waals surface area contributed by atoms with Gasteiger partial charge < -0.3 is 9.88 Å². The van der Waals surface area contributed by atoms with Gasteiger partial charge in [0, 0.05) is 18.1 Å². The van der Waals surface area contributed by atoms with Gasteiger partial charge in [0.2, 0.25) is 0 Å². The molecule has 118 valence electrons. The van der Waals surface area contributed by atoms with Gasteiger partial charge in [-0.1, -0.05) is 0 Å². The summed E-state index contributed by atoms with van der Waals surface area (Å²) in [5.41, 5.74) is 3.08. The lowest BCUT2D eigenvalue weighted by Crippen LogP contribution is -2.31. The quantitative estimate of drug-likeness (QED) is 0.785. The van der Waals surface area contributed by atoms with Gasteiger partial charge in [0.05, 0.1) is 28.6 Å². The van der Waals surface area contributed by atoms with E-state index in [0.717, 1.165) is 41.1 Å². The first-order chi connectivity index (χ1) is 11.1. The zero-order chi connectivity index (χ0) is 16.0. The minimum absolute atomic E-state index is 0.00405. The summed E-state index contributed by atoms with van der Waals surface area (Å²) < 4.78 is 1.84. The molecule has 1 aliphatic rings. The van der Waals surface area contributed by atoms with E-state index in [1.54, 1.807) is 29.9 Å². The highest BCUT2D eigenvalue weighted by atomic mass is 32.1. The maximum atomic E-state index is 12.6. The fraction of sp³-hybridized carbons (Fsp3) is 0.375. The number of aryl methyl sites for hydroxylation is 3. The summed E-state index contributed by atoms with van der Waals surface area (Å²) in [7, 11) is 1.89. The summed E-state index contributed by atoms with van der Waals surface area (Å²) in [6.07, 6.45) is 6.38. The molecule has 0 radical (unpaired) electrons. The number of rotatable bonds is 2. The van der Waals surface area contributed by atoms with Crippen molar-refractivity contribution in [2.24, 2.45) is 7.05 Å². The molecule has 7 heteroatoms. The van der Waals surface area contributed by atoms with E-state index in [4.69, 9.17) is 0 Å². The van der Waals surface area contributed by atoms with Gasteiger partial charge in [0.15, 0.2) is 5.65 Å². The van der Waals surface area contributed by atoms with Gasteiger partial charge in [-0.05, 0) is 32.3 Å². The van der Waals surface area contributed by atoms with E-state index < -0.39 is 0 Å². The fourth-order valence-corrected chi connectivity index (χ4v) is 4.10. The molecule has 1 atom stereocenters. The Kier molecular flexibility index (Phi) is 3.37. The Hall–Kier alpha value is -2.28. The summed E-state index contributed by atoms with van der Waals surface area (Å²) in [4.78, 5) is 27.1. The largest absolute Gasteiger partial charge is 0.344 e. The molecular formula is C16H17N5OS. The third-order valence-electron chi connectivity index (χ3n) is 4.18. The second kappa shape index (κ2) is 5.42. The van der Waals surface area contributed by atoms with E-state index in [-0.39, 0.29) is 11.9 Å². The van der Waals surface area contributed by atoms with Crippen LogP contribution in [-0.4, -0.2) is 25.4 Å². The highest BCUT2D eigenvalue weighted by molar-refractivity contribution is 7.11. The van der Waals surface area contributed by atoms with Crippen molar-refractivity contribution in [1.29, 1.82) is 0 Å². The molecule has 1 aliphatic carbocycles. The third-order valence-corrected chi connectivity index (χ3v) is 5.23. The molecular weight excluding hydrogens is 310 g/mol. The predicted octanol–water partition coefficient (Wildman–Crippen LogP) is 2.54. The Morgan fingerprint density at radius 2 is 2.30 bits per heavy atom. The monoisotopic (exact) mass is 327 g/mol. The highest BCUT2D eigenvalue weighted by Gasteiger charge is 2.26. The molecule has 3 aromatic heterocycles. The molecule has 0 fully saturated rings. The maximum absolute atomic E-state index is 12.6. The number of carbonyl (C=O) groups excluding carboxylic acids is 1. The molecule has 1 N–H and O–H groups in total. The zero-order valence-corrected chi connectivity index (χ0v) is 13.9. The van der Waals surface area contributed by atoms with Gasteiger partial charge >= 0.3 is 0 Å². The Morgan fingerprint density at radius 3 is 3.17 bits per heavy atom. The Labute approximate surface area is 137 Å². The second-order valence-electron chi connectivity index (χ2n) is 5.88. The molecule has 0 saturated carbocycles. The van der Waals surface area contributed by atoms with Gasteiger partial charge in [-0.25, -0.2) is 15.0 Å². The van der Waals surface area contributed by atoms with Crippen LogP contribution in [0.1, 0.15) is 44.8 Å². The number of hydrogen-bond acceptors (Lipinski definition) is 5. The first kappa shape index (κ1) is 14.3. The molecule has 0 bridgehead atoms. The van der Waals surface area contributed by atoms with Crippen molar-refractivity contribution in [2.75, 3.05) is 0 Å². The number of fused-ring (bicyclic) bond motifs is 2. The molecule has 0 saturated heterocycles.